The summed E-state index contributed by atoms with van der Waals surface area (Å²) >= 11 is 7.47. The Balaban J connectivity index is 1.56. The summed E-state index contributed by atoms with van der Waals surface area (Å²) in [6.07, 6.45) is 0. The molecule has 0 N–H and O–H groups in total. The van der Waals surface area contributed by atoms with E-state index in [9.17, 15) is 14.4 Å². The number of rotatable bonds is 4. The minimum atomic E-state index is -1.83. The Labute approximate surface area is 237 Å². The molecule has 0 fully saturated rings. The Morgan fingerprint density at radius 1 is 0.975 bits per heavy atom. The number of amides is 2. The summed E-state index contributed by atoms with van der Waals surface area (Å²) in [6.45, 7) is 4.19. The summed E-state index contributed by atoms with van der Waals surface area (Å²) < 4.78 is 6.10. The van der Waals surface area contributed by atoms with Gasteiger partial charge in [0.1, 0.15) is 10.6 Å². The van der Waals surface area contributed by atoms with Crippen LogP contribution >= 0.6 is 22.9 Å². The number of anilines is 2. The molecule has 1 unspecified atom stereocenters. The maximum Gasteiger partial charge on any atom is 0.297 e. The average molecular weight is 569 g/mol. The van der Waals surface area contributed by atoms with Crippen LogP contribution in [-0.2, 0) is 16.9 Å². The van der Waals surface area contributed by atoms with Gasteiger partial charge in [-0.05, 0) is 29.8 Å². The van der Waals surface area contributed by atoms with Crippen LogP contribution in [0.5, 0.6) is 0 Å². The Hall–Kier alpha value is -4.34. The van der Waals surface area contributed by atoms with Crippen LogP contribution in [0.4, 0.5) is 10.8 Å². The Morgan fingerprint density at radius 2 is 1.73 bits per heavy atom. The van der Waals surface area contributed by atoms with Gasteiger partial charge in [-0.2, -0.15) is 0 Å². The molecule has 1 atom stereocenters. The standard InChI is InChI=1S/C30H21ClN4O4S/c1-16(2)26-32-33-29(40-26)35-27(37)25-23(24(36)19-14-18(31)12-13-22(19)39-25)30(35)20-10-6-7-11-21(20)34(28(30)38)15-17-8-4-3-5-9-17/h3-14,16H,15H2,1-2H3. The molecule has 2 aromatic heterocycles. The first-order valence-electron chi connectivity index (χ1n) is 12.7. The lowest BCUT2D eigenvalue weighted by Crippen LogP contribution is -2.53. The molecule has 198 valence electrons. The number of aromatic nitrogens is 2. The molecule has 7 rings (SSSR count). The van der Waals surface area contributed by atoms with Crippen molar-refractivity contribution in [2.24, 2.45) is 0 Å². The topological polar surface area (TPSA) is 96.6 Å². The van der Waals surface area contributed by atoms with Crippen molar-refractivity contribution in [3.8, 4) is 0 Å². The predicted molar refractivity (Wildman–Crippen MR) is 153 cm³/mol. The normalized spacial score (nSPS) is 17.9. The van der Waals surface area contributed by atoms with Crippen molar-refractivity contribution in [3.63, 3.8) is 0 Å². The Morgan fingerprint density at radius 3 is 2.48 bits per heavy atom. The van der Waals surface area contributed by atoms with Gasteiger partial charge in [0.05, 0.1) is 23.2 Å². The molecule has 5 aromatic rings. The minimum absolute atomic E-state index is 0.0402. The highest BCUT2D eigenvalue weighted by Crippen LogP contribution is 2.54. The molecule has 40 heavy (non-hydrogen) atoms. The quantitative estimate of drug-likeness (QED) is 0.269. The number of halogens is 1. The molecule has 0 bridgehead atoms. The van der Waals surface area contributed by atoms with E-state index in [0.717, 1.165) is 5.56 Å². The van der Waals surface area contributed by atoms with E-state index in [-0.39, 0.29) is 39.9 Å². The lowest BCUT2D eigenvalue weighted by atomic mass is 9.84. The second-order valence-electron chi connectivity index (χ2n) is 10.1. The molecular weight excluding hydrogens is 548 g/mol. The maximum atomic E-state index is 14.9. The van der Waals surface area contributed by atoms with Crippen LogP contribution in [0.15, 0.2) is 82.0 Å². The lowest BCUT2D eigenvalue weighted by molar-refractivity contribution is -0.121. The van der Waals surface area contributed by atoms with Gasteiger partial charge in [0, 0.05) is 16.5 Å². The third-order valence-corrected chi connectivity index (χ3v) is 8.83. The number of nitrogens with zero attached hydrogens (tertiary/aromatic N) is 4. The molecule has 1 spiro atoms. The summed E-state index contributed by atoms with van der Waals surface area (Å²) in [7, 11) is 0. The zero-order valence-corrected chi connectivity index (χ0v) is 23.0. The Bertz CT molecular complexity index is 1920. The first kappa shape index (κ1) is 24.7. The fraction of sp³-hybridized carbons (Fsp3) is 0.167. The van der Waals surface area contributed by atoms with E-state index in [2.05, 4.69) is 10.2 Å². The smallest absolute Gasteiger partial charge is 0.297 e. The number of carbonyl (C=O) groups is 2. The summed E-state index contributed by atoms with van der Waals surface area (Å²) in [5.74, 6) is -1.21. The molecule has 0 saturated heterocycles. The molecule has 4 heterocycles. The van der Waals surface area contributed by atoms with Gasteiger partial charge in [-0.3, -0.25) is 19.3 Å². The zero-order valence-electron chi connectivity index (χ0n) is 21.4. The van der Waals surface area contributed by atoms with Crippen molar-refractivity contribution in [2.75, 3.05) is 9.80 Å². The van der Waals surface area contributed by atoms with Crippen LogP contribution in [0, 0.1) is 0 Å². The van der Waals surface area contributed by atoms with E-state index >= 15 is 0 Å². The summed E-state index contributed by atoms with van der Waals surface area (Å²) in [5.41, 5.74) is -0.163. The van der Waals surface area contributed by atoms with Crippen molar-refractivity contribution >= 4 is 56.5 Å². The van der Waals surface area contributed by atoms with Crippen molar-refractivity contribution < 1.29 is 14.0 Å². The van der Waals surface area contributed by atoms with Crippen molar-refractivity contribution in [1.82, 2.24) is 10.2 Å². The summed E-state index contributed by atoms with van der Waals surface area (Å²) in [6, 6.07) is 21.4. The fourth-order valence-electron chi connectivity index (χ4n) is 5.61. The molecule has 2 aliphatic rings. The Kier molecular flexibility index (Phi) is 5.45. The molecule has 2 amide bonds. The summed E-state index contributed by atoms with van der Waals surface area (Å²) in [5, 5.41) is 10.1. The van der Waals surface area contributed by atoms with E-state index in [4.69, 9.17) is 16.0 Å². The van der Waals surface area contributed by atoms with Gasteiger partial charge in [0.2, 0.25) is 10.9 Å². The van der Waals surface area contributed by atoms with Gasteiger partial charge in [-0.25, -0.2) is 0 Å². The van der Waals surface area contributed by atoms with E-state index in [1.165, 1.54) is 22.3 Å². The molecule has 0 saturated carbocycles. The van der Waals surface area contributed by atoms with Gasteiger partial charge >= 0.3 is 0 Å². The largest absolute Gasteiger partial charge is 0.450 e. The number of hydrogen-bond donors (Lipinski definition) is 0. The van der Waals surface area contributed by atoms with E-state index in [1.54, 1.807) is 29.2 Å². The third-order valence-electron chi connectivity index (χ3n) is 7.38. The van der Waals surface area contributed by atoms with Gasteiger partial charge < -0.3 is 9.32 Å². The van der Waals surface area contributed by atoms with Crippen LogP contribution in [0.25, 0.3) is 11.0 Å². The molecule has 10 heteroatoms. The highest BCUT2D eigenvalue weighted by atomic mass is 35.5. The number of benzene rings is 3. The lowest BCUT2D eigenvalue weighted by Gasteiger charge is -2.32. The van der Waals surface area contributed by atoms with Crippen molar-refractivity contribution in [3.05, 3.63) is 116 Å². The predicted octanol–water partition coefficient (Wildman–Crippen LogP) is 5.87. The molecule has 0 radical (unpaired) electrons. The molecule has 0 aliphatic carbocycles. The highest BCUT2D eigenvalue weighted by Gasteiger charge is 2.66. The van der Waals surface area contributed by atoms with Gasteiger partial charge in [0.15, 0.2) is 11.0 Å². The van der Waals surface area contributed by atoms with E-state index in [1.807, 2.05) is 56.3 Å². The van der Waals surface area contributed by atoms with Gasteiger partial charge in [-0.15, -0.1) is 10.2 Å². The molecule has 3 aromatic carbocycles. The second-order valence-corrected chi connectivity index (χ2v) is 11.5. The summed E-state index contributed by atoms with van der Waals surface area (Å²) in [4.78, 5) is 46.3. The molecule has 2 aliphatic heterocycles. The first-order chi connectivity index (χ1) is 19.3. The number of carbonyl (C=O) groups excluding carboxylic acids is 2. The van der Waals surface area contributed by atoms with Gasteiger partial charge in [0.25, 0.3) is 11.8 Å². The number of fused-ring (bicyclic) bond motifs is 5. The monoisotopic (exact) mass is 568 g/mol. The number of hydrogen-bond acceptors (Lipinski definition) is 7. The molecular formula is C30H21ClN4O4S. The van der Waals surface area contributed by atoms with Crippen LogP contribution in [0.2, 0.25) is 5.02 Å². The van der Waals surface area contributed by atoms with Crippen LogP contribution in [-0.4, -0.2) is 22.0 Å². The minimum Gasteiger partial charge on any atom is -0.450 e. The van der Waals surface area contributed by atoms with Crippen LogP contribution < -0.4 is 15.2 Å². The SMILES string of the molecule is CC(C)c1nnc(N2C(=O)c3oc4ccc(Cl)cc4c(=O)c3C23C(=O)N(Cc2ccccc2)c2ccccc23)s1. The first-order valence-corrected chi connectivity index (χ1v) is 13.9. The van der Waals surface area contributed by atoms with E-state index in [0.29, 0.717) is 21.3 Å². The van der Waals surface area contributed by atoms with E-state index < -0.39 is 22.8 Å². The average Bonchev–Trinajstić information content (AvgIpc) is 3.60. The second kappa shape index (κ2) is 8.84. The fourth-order valence-corrected chi connectivity index (χ4v) is 6.68. The van der Waals surface area contributed by atoms with Crippen molar-refractivity contribution in [1.29, 1.82) is 0 Å². The van der Waals surface area contributed by atoms with Crippen molar-refractivity contribution in [2.45, 2.75) is 31.8 Å². The van der Waals surface area contributed by atoms with Crippen LogP contribution in [0.3, 0.4) is 0 Å². The zero-order chi connectivity index (χ0) is 27.8. The number of para-hydroxylation sites is 1. The van der Waals surface area contributed by atoms with Crippen LogP contribution in [0.1, 0.15) is 52.0 Å². The maximum absolute atomic E-state index is 14.9. The van der Waals surface area contributed by atoms with Gasteiger partial charge in [-0.1, -0.05) is 85.3 Å². The highest BCUT2D eigenvalue weighted by molar-refractivity contribution is 7.15. The molecule has 8 nitrogen and oxygen atoms in total. The third kappa shape index (κ3) is 3.28.